The summed E-state index contributed by atoms with van der Waals surface area (Å²) in [5, 5.41) is 5.91. The fourth-order valence-electron chi connectivity index (χ4n) is 0.800. The first-order chi connectivity index (χ1) is 6.06. The minimum absolute atomic E-state index is 0. The van der Waals surface area contributed by atoms with Crippen LogP contribution in [0.2, 0.25) is 0 Å². The average molecular weight is 349 g/mol. The second-order valence-electron chi connectivity index (χ2n) is 2.75. The number of nitrogens with two attached hydrogens (primary N) is 1. The van der Waals surface area contributed by atoms with Gasteiger partial charge in [0.1, 0.15) is 0 Å². The van der Waals surface area contributed by atoms with Crippen molar-refractivity contribution in [3.8, 4) is 0 Å². The van der Waals surface area contributed by atoms with Gasteiger partial charge in [0.15, 0.2) is 0 Å². The fraction of sp³-hybridized carbons (Fsp3) is 1.00. The average Bonchev–Trinajstić information content (AvgIpc) is 1.95. The van der Waals surface area contributed by atoms with Crippen molar-refractivity contribution in [1.29, 1.82) is 0 Å². The molecule has 0 amide bonds. The standard InChI is InChI=1S/C4H13NO7P2.K.Na.2H2O.2H/c5-3-1-2-4(6,13(7,8)9)14(10,11)12;;;;;;/h6H,1-3,5H2,(H2,7,8,9)(H2,10,11,12);;;2*1H2;;/q;2*+1;;;2*-1. The van der Waals surface area contributed by atoms with Crippen molar-refractivity contribution in [3.05, 3.63) is 0 Å². The van der Waals surface area contributed by atoms with Gasteiger partial charge in [0, 0.05) is 6.42 Å². The summed E-state index contributed by atoms with van der Waals surface area (Å²) in [5.41, 5.74) is 5.01. The van der Waals surface area contributed by atoms with Gasteiger partial charge in [0.2, 0.25) is 0 Å². The zero-order valence-electron chi connectivity index (χ0n) is 12.1. The van der Waals surface area contributed by atoms with E-state index in [1.807, 2.05) is 0 Å². The van der Waals surface area contributed by atoms with Gasteiger partial charge < -0.3 is 44.2 Å². The van der Waals surface area contributed by atoms with E-state index in [9.17, 15) is 14.2 Å². The van der Waals surface area contributed by atoms with E-state index in [2.05, 4.69) is 0 Å². The molecule has 10 nitrogen and oxygen atoms in total. The third kappa shape index (κ3) is 8.93. The molecule has 0 unspecified atom stereocenters. The number of hydrogen-bond acceptors (Lipinski definition) is 4. The van der Waals surface area contributed by atoms with E-state index in [1.165, 1.54) is 0 Å². The van der Waals surface area contributed by atoms with Crippen LogP contribution >= 0.6 is 15.2 Å². The van der Waals surface area contributed by atoms with Crippen LogP contribution < -0.4 is 86.7 Å². The zero-order chi connectivity index (χ0) is 11.6. The molecule has 0 radical (unpaired) electrons. The van der Waals surface area contributed by atoms with Gasteiger partial charge in [-0.2, -0.15) is 0 Å². The van der Waals surface area contributed by atoms with Gasteiger partial charge in [-0.15, -0.1) is 0 Å². The molecule has 0 aliphatic heterocycles. The Hall–Kier alpha value is 2.78. The topological polar surface area (TPSA) is 224 Å². The molecule has 106 valence electrons. The van der Waals surface area contributed by atoms with Crippen molar-refractivity contribution < 1.29 is 129 Å². The molecule has 14 heteroatoms. The maximum Gasteiger partial charge on any atom is 1.00 e. The molecule has 0 heterocycles. The first-order valence-electron chi connectivity index (χ1n) is 3.60. The summed E-state index contributed by atoms with van der Waals surface area (Å²) in [6.07, 6.45) is -0.856. The van der Waals surface area contributed by atoms with Crippen LogP contribution in [0.25, 0.3) is 0 Å². The summed E-state index contributed by atoms with van der Waals surface area (Å²) >= 11 is 0. The first-order valence-corrected chi connectivity index (χ1v) is 6.82. The van der Waals surface area contributed by atoms with E-state index in [4.69, 9.17) is 25.3 Å². The van der Waals surface area contributed by atoms with E-state index in [0.717, 1.165) is 0 Å². The van der Waals surface area contributed by atoms with Crippen LogP contribution in [0.5, 0.6) is 0 Å². The van der Waals surface area contributed by atoms with Crippen molar-refractivity contribution in [2.45, 2.75) is 17.9 Å². The minimum atomic E-state index is -5.30. The van der Waals surface area contributed by atoms with E-state index < -0.39 is 26.7 Å². The van der Waals surface area contributed by atoms with Crippen LogP contribution in [0.15, 0.2) is 0 Å². The third-order valence-electron chi connectivity index (χ3n) is 1.65. The minimum Gasteiger partial charge on any atom is -1.00 e. The molecule has 0 spiro atoms. The Bertz CT molecular complexity index is 280. The van der Waals surface area contributed by atoms with Crippen molar-refractivity contribution in [3.63, 3.8) is 0 Å². The molecule has 0 aliphatic carbocycles. The summed E-state index contributed by atoms with van der Waals surface area (Å²) in [6.45, 7) is -0.0394. The van der Waals surface area contributed by atoms with Crippen LogP contribution in [-0.4, -0.2) is 47.3 Å². The van der Waals surface area contributed by atoms with Gasteiger partial charge in [-0.25, -0.2) is 0 Å². The van der Waals surface area contributed by atoms with Crippen molar-refractivity contribution in [2.24, 2.45) is 5.73 Å². The smallest absolute Gasteiger partial charge is 1.00 e. The van der Waals surface area contributed by atoms with Gasteiger partial charge in [0.05, 0.1) is 0 Å². The van der Waals surface area contributed by atoms with Gasteiger partial charge in [-0.1, -0.05) is 0 Å². The quantitative estimate of drug-likeness (QED) is 0.206. The van der Waals surface area contributed by atoms with Gasteiger partial charge in [0.25, 0.3) is 5.08 Å². The van der Waals surface area contributed by atoms with E-state index in [-0.39, 0.29) is 108 Å². The van der Waals surface area contributed by atoms with Crippen LogP contribution in [0, 0.1) is 0 Å². The SMILES string of the molecule is NCCCC(O)(P(=O)(O)O)P(=O)(O)O.O.O.[H-].[H-].[K+].[Na+]. The first kappa shape index (κ1) is 32.6. The normalized spacial score (nSPS) is 11.2. The molecule has 0 aromatic rings. The number of rotatable bonds is 5. The summed E-state index contributed by atoms with van der Waals surface area (Å²) in [7, 11) is -10.6. The monoisotopic (exact) mass is 349 g/mol. The Kier molecular flexibility index (Phi) is 22.4. The van der Waals surface area contributed by atoms with Crippen LogP contribution in [-0.2, 0) is 9.13 Å². The largest absolute Gasteiger partial charge is 1.00 e. The summed E-state index contributed by atoms with van der Waals surface area (Å²) in [5.74, 6) is 0. The molecule has 0 rings (SSSR count). The molecule has 0 aromatic heterocycles. The van der Waals surface area contributed by atoms with Crippen molar-refractivity contribution >= 4 is 15.2 Å². The molecular weight excluding hydrogens is 330 g/mol. The van der Waals surface area contributed by atoms with Gasteiger partial charge in [-0.05, 0) is 13.0 Å². The van der Waals surface area contributed by atoms with Crippen molar-refractivity contribution in [2.75, 3.05) is 6.54 Å². The Labute approximate surface area is 171 Å². The third-order valence-corrected chi connectivity index (χ3v) is 5.53. The van der Waals surface area contributed by atoms with Crippen molar-refractivity contribution in [1.82, 2.24) is 0 Å². The molecule has 0 aromatic carbocycles. The summed E-state index contributed by atoms with van der Waals surface area (Å²) in [4.78, 5) is 34.5. The predicted octanol–water partition coefficient (Wildman–Crippen LogP) is -8.69. The summed E-state index contributed by atoms with van der Waals surface area (Å²) < 4.78 is 21.4. The molecule has 18 heavy (non-hydrogen) atoms. The van der Waals surface area contributed by atoms with Gasteiger partial charge in [-0.3, -0.25) is 9.13 Å². The Balaban J connectivity index is -0.0000000563. The fourth-order valence-corrected chi connectivity index (χ4v) is 3.06. The molecule has 0 saturated heterocycles. The number of aliphatic hydroxyl groups is 1. The van der Waals surface area contributed by atoms with Crippen LogP contribution in [0.3, 0.4) is 0 Å². The predicted molar refractivity (Wildman–Crippen MR) is 56.8 cm³/mol. The second-order valence-corrected chi connectivity index (χ2v) is 6.76. The molecule has 0 bridgehead atoms. The second kappa shape index (κ2) is 12.3. The van der Waals surface area contributed by atoms with Gasteiger partial charge >= 0.3 is 96.1 Å². The van der Waals surface area contributed by atoms with E-state index >= 15 is 0 Å². The summed E-state index contributed by atoms with van der Waals surface area (Å²) in [6, 6.07) is 0. The molecule has 11 N–H and O–H groups in total. The molecule has 0 atom stereocenters. The zero-order valence-corrected chi connectivity index (χ0v) is 17.1. The maximum atomic E-state index is 10.7. The number of hydrogen-bond donors (Lipinski definition) is 6. The van der Waals surface area contributed by atoms with Crippen LogP contribution in [0.4, 0.5) is 0 Å². The Morgan fingerprint density at radius 1 is 1.06 bits per heavy atom. The van der Waals surface area contributed by atoms with E-state index in [1.54, 1.807) is 0 Å². The molecular formula is C4H19KNNaO9P2. The van der Waals surface area contributed by atoms with E-state index in [0.29, 0.717) is 0 Å². The molecule has 0 saturated carbocycles. The maximum absolute atomic E-state index is 10.7. The Morgan fingerprint density at radius 3 is 1.50 bits per heavy atom. The molecule has 0 fully saturated rings. The van der Waals surface area contributed by atoms with Crippen LogP contribution in [0.1, 0.15) is 15.7 Å². The Morgan fingerprint density at radius 2 is 1.33 bits per heavy atom. The molecule has 0 aliphatic rings.